The second-order valence-electron chi connectivity index (χ2n) is 6.17. The van der Waals surface area contributed by atoms with E-state index in [4.69, 9.17) is 13.3 Å². The Balaban J connectivity index is 0. The number of hydrogen-bond donors (Lipinski definition) is 1. The van der Waals surface area contributed by atoms with Gasteiger partial charge in [-0.25, -0.2) is 0 Å². The van der Waals surface area contributed by atoms with Crippen LogP contribution in [0, 0.1) is 0 Å². The Morgan fingerprint density at radius 1 is 1.11 bits per heavy atom. The number of carboxylic acids is 1. The van der Waals surface area contributed by atoms with Crippen LogP contribution in [0.1, 0.15) is 6.42 Å². The minimum atomic E-state index is -1.36. The van der Waals surface area contributed by atoms with Crippen LogP contribution in [-0.2, 0) is 13.0 Å². The molecule has 0 amide bonds. The van der Waals surface area contributed by atoms with Crippen LogP contribution in [0.2, 0.25) is 51.9 Å². The third-order valence-electron chi connectivity index (χ3n) is 1.50. The van der Waals surface area contributed by atoms with Gasteiger partial charge in [0.15, 0.2) is 16.6 Å². The fourth-order valence-corrected chi connectivity index (χ4v) is 10.3. The molecule has 0 bridgehead atoms. The molecule has 0 saturated carbocycles. The summed E-state index contributed by atoms with van der Waals surface area (Å²) in [5.41, 5.74) is 0. The second-order valence-corrected chi connectivity index (χ2v) is 18.6. The van der Waals surface area contributed by atoms with Gasteiger partial charge < -0.3 is 13.3 Å². The van der Waals surface area contributed by atoms with Crippen molar-refractivity contribution in [2.75, 3.05) is 0 Å². The van der Waals surface area contributed by atoms with E-state index in [9.17, 15) is 4.79 Å². The highest BCUT2D eigenvalue weighted by atomic mass is 28.4. The molecule has 0 aliphatic heterocycles. The highest BCUT2D eigenvalue weighted by Crippen LogP contribution is 2.10. The maximum Gasteiger partial charge on any atom is 0.303 e. The van der Waals surface area contributed by atoms with Crippen molar-refractivity contribution in [3.8, 4) is 0 Å². The predicted octanol–water partition coefficient (Wildman–Crippen LogP) is 1.78. The maximum absolute atomic E-state index is 9.62. The van der Waals surface area contributed by atoms with E-state index in [2.05, 4.69) is 45.8 Å². The van der Waals surface area contributed by atoms with E-state index in [0.717, 1.165) is 16.3 Å². The molecule has 0 aromatic rings. The summed E-state index contributed by atoms with van der Waals surface area (Å²) in [4.78, 5) is 9.62. The van der Waals surface area contributed by atoms with E-state index >= 15 is 0 Å². The summed E-state index contributed by atoms with van der Waals surface area (Å²) in [6.45, 7) is 15.4. The van der Waals surface area contributed by atoms with Crippen molar-refractivity contribution in [3.05, 3.63) is 0 Å². The Hall–Kier alpha value is 0.258. The van der Waals surface area contributed by atoms with Gasteiger partial charge in [0.25, 0.3) is 9.28 Å². The lowest BCUT2D eigenvalue weighted by atomic mass is 10.5. The normalized spacial score (nSPS) is 12.2. The fourth-order valence-electron chi connectivity index (χ4n) is 1.23. The first kappa shape index (κ1) is 20.6. The minimum absolute atomic E-state index is 0.353. The zero-order valence-corrected chi connectivity index (χ0v) is 18.3. The van der Waals surface area contributed by atoms with Gasteiger partial charge in [-0.2, -0.15) is 0 Å². The highest BCUT2D eigenvalue weighted by Gasteiger charge is 2.24. The van der Waals surface area contributed by atoms with Crippen molar-refractivity contribution >= 4 is 42.1 Å². The molecular formula is C10H30O4Si4. The van der Waals surface area contributed by atoms with E-state index in [-0.39, 0.29) is 0 Å². The van der Waals surface area contributed by atoms with Crippen molar-refractivity contribution in [2.45, 2.75) is 58.3 Å². The van der Waals surface area contributed by atoms with Crippen LogP contribution in [0.25, 0.3) is 0 Å². The van der Waals surface area contributed by atoms with Gasteiger partial charge in [-0.1, -0.05) is 6.04 Å². The SMILES string of the molecule is C[SiH](O[Si](C)(C)C)O[Si](C)(C)C.O=C(O)CC[SiH3]. The zero-order chi connectivity index (χ0) is 15.0. The molecule has 0 aromatic heterocycles. The fraction of sp³-hybridized carbons (Fsp3) is 0.900. The molecule has 0 rings (SSSR count). The van der Waals surface area contributed by atoms with E-state index in [1.165, 1.54) is 0 Å². The predicted molar refractivity (Wildman–Crippen MR) is 88.9 cm³/mol. The van der Waals surface area contributed by atoms with Gasteiger partial charge in [0.2, 0.25) is 0 Å². The van der Waals surface area contributed by atoms with Crippen molar-refractivity contribution in [1.82, 2.24) is 0 Å². The Bertz CT molecular complexity index is 219. The first-order chi connectivity index (χ1) is 7.87. The molecule has 0 atom stereocenters. The molecule has 1 N–H and O–H groups in total. The van der Waals surface area contributed by atoms with Crippen molar-refractivity contribution in [2.24, 2.45) is 0 Å². The molecule has 110 valence electrons. The van der Waals surface area contributed by atoms with Crippen LogP contribution < -0.4 is 0 Å². The molecule has 0 heterocycles. The lowest BCUT2D eigenvalue weighted by molar-refractivity contribution is -0.136. The molecule has 0 aliphatic carbocycles. The van der Waals surface area contributed by atoms with E-state index < -0.39 is 31.9 Å². The van der Waals surface area contributed by atoms with Crippen molar-refractivity contribution in [3.63, 3.8) is 0 Å². The van der Waals surface area contributed by atoms with Crippen LogP contribution in [0.15, 0.2) is 0 Å². The second kappa shape index (κ2) is 9.21. The summed E-state index contributed by atoms with van der Waals surface area (Å²) in [6.07, 6.45) is 0.353. The average molecular weight is 327 g/mol. The molecule has 0 radical (unpaired) electrons. The lowest BCUT2D eigenvalue weighted by Gasteiger charge is -2.28. The van der Waals surface area contributed by atoms with Crippen LogP contribution >= 0.6 is 0 Å². The van der Waals surface area contributed by atoms with Gasteiger partial charge in [-0.15, -0.1) is 0 Å². The van der Waals surface area contributed by atoms with Gasteiger partial charge in [0, 0.05) is 16.7 Å². The van der Waals surface area contributed by atoms with Crippen molar-refractivity contribution < 1.29 is 18.1 Å². The smallest absolute Gasteiger partial charge is 0.303 e. The third-order valence-corrected chi connectivity index (χ3v) is 10.3. The monoisotopic (exact) mass is 326 g/mol. The first-order valence-corrected chi connectivity index (χ1v) is 16.8. The highest BCUT2D eigenvalue weighted by molar-refractivity contribution is 6.80. The van der Waals surface area contributed by atoms with Crippen LogP contribution in [0.5, 0.6) is 0 Å². The Labute approximate surface area is 119 Å². The molecule has 0 saturated heterocycles. The number of rotatable bonds is 6. The van der Waals surface area contributed by atoms with E-state index in [0.29, 0.717) is 6.42 Å². The molecule has 0 aromatic carbocycles. The third kappa shape index (κ3) is 21.5. The Morgan fingerprint density at radius 2 is 1.44 bits per heavy atom. The topological polar surface area (TPSA) is 55.8 Å². The molecule has 4 nitrogen and oxygen atoms in total. The number of hydrogen-bond acceptors (Lipinski definition) is 3. The zero-order valence-electron chi connectivity index (χ0n) is 13.2. The number of carbonyl (C=O) groups is 1. The minimum Gasteiger partial charge on any atom is -0.481 e. The molecule has 0 fully saturated rings. The quantitative estimate of drug-likeness (QED) is 0.756. The van der Waals surface area contributed by atoms with Crippen LogP contribution in [-0.4, -0.2) is 47.2 Å². The number of aliphatic carboxylic acids is 1. The molecular weight excluding hydrogens is 296 g/mol. The molecule has 0 spiro atoms. The summed E-state index contributed by atoms with van der Waals surface area (Å²) < 4.78 is 11.8. The summed E-state index contributed by atoms with van der Waals surface area (Å²) in [5.74, 6) is -0.676. The van der Waals surface area contributed by atoms with Crippen molar-refractivity contribution in [1.29, 1.82) is 0 Å². The standard InChI is InChI=1S/C7H22O2Si3.C3H8O2Si/c1-10(8-11(2,3)4)9-12(5,6)7;4-3(5)1-2-6/h10H,1-7H3;1-2H2,6H3,(H,4,5). The maximum atomic E-state index is 9.62. The molecule has 0 unspecified atom stereocenters. The van der Waals surface area contributed by atoms with Gasteiger partial charge in [0.05, 0.1) is 0 Å². The summed E-state index contributed by atoms with van der Waals surface area (Å²) >= 11 is 0. The van der Waals surface area contributed by atoms with Crippen LogP contribution in [0.3, 0.4) is 0 Å². The average Bonchev–Trinajstić information content (AvgIpc) is 1.95. The summed E-state index contributed by atoms with van der Waals surface area (Å²) in [6, 6.07) is 0.870. The van der Waals surface area contributed by atoms with Gasteiger partial charge in [-0.3, -0.25) is 4.79 Å². The Kier molecular flexibility index (Phi) is 10.5. The van der Waals surface area contributed by atoms with E-state index in [1.54, 1.807) is 0 Å². The van der Waals surface area contributed by atoms with E-state index in [1.807, 2.05) is 0 Å². The Morgan fingerprint density at radius 3 is 1.56 bits per heavy atom. The van der Waals surface area contributed by atoms with Gasteiger partial charge in [-0.05, 0) is 45.8 Å². The number of carboxylic acid groups (broad SMARTS) is 1. The molecule has 0 aliphatic rings. The lowest BCUT2D eigenvalue weighted by Crippen LogP contribution is -2.41. The molecule has 8 heteroatoms. The largest absolute Gasteiger partial charge is 0.481 e. The molecule has 18 heavy (non-hydrogen) atoms. The summed E-state index contributed by atoms with van der Waals surface area (Å²) in [7, 11) is -3.04. The summed E-state index contributed by atoms with van der Waals surface area (Å²) in [5, 5.41) is 7.94. The van der Waals surface area contributed by atoms with Gasteiger partial charge >= 0.3 is 5.97 Å². The van der Waals surface area contributed by atoms with Crippen LogP contribution in [0.4, 0.5) is 0 Å². The van der Waals surface area contributed by atoms with Gasteiger partial charge in [0.1, 0.15) is 0 Å². The first-order valence-electron chi connectivity index (χ1n) is 6.45.